The predicted octanol–water partition coefficient (Wildman–Crippen LogP) is 4.46. The summed E-state index contributed by atoms with van der Waals surface area (Å²) in [5, 5.41) is 6.65. The van der Waals surface area contributed by atoms with Crippen LogP contribution in [0.2, 0.25) is 5.02 Å². The Kier molecular flexibility index (Phi) is 7.87. The quantitative estimate of drug-likeness (QED) is 0.463. The number of sulfonamides is 1. The summed E-state index contributed by atoms with van der Waals surface area (Å²) in [5.41, 5.74) is 0.863. The van der Waals surface area contributed by atoms with E-state index in [1.807, 2.05) is 13.0 Å². The average molecular weight is 477 g/mol. The van der Waals surface area contributed by atoms with E-state index in [0.29, 0.717) is 29.5 Å². The molecule has 0 fully saturated rings. The Morgan fingerprint density at radius 3 is 2.56 bits per heavy atom. The zero-order valence-electron chi connectivity index (χ0n) is 17.9. The van der Waals surface area contributed by atoms with Crippen molar-refractivity contribution in [2.45, 2.75) is 44.4 Å². The van der Waals surface area contributed by atoms with Crippen LogP contribution in [0.4, 0.5) is 11.4 Å². The van der Waals surface area contributed by atoms with Gasteiger partial charge in [0.1, 0.15) is 4.90 Å². The van der Waals surface area contributed by atoms with Crippen molar-refractivity contribution in [2.24, 2.45) is 0 Å². The number of carbonyl (C=O) groups is 1. The minimum Gasteiger partial charge on any atom is -0.339 e. The molecular formula is C22H25ClN4O4S. The van der Waals surface area contributed by atoms with Gasteiger partial charge < -0.3 is 9.84 Å². The van der Waals surface area contributed by atoms with Crippen LogP contribution in [0.25, 0.3) is 0 Å². The number of nitrogens with one attached hydrogen (secondary N) is 1. The Bertz CT molecular complexity index is 1170. The highest BCUT2D eigenvalue weighted by Crippen LogP contribution is 2.30. The Labute approximate surface area is 192 Å². The molecule has 3 aromatic rings. The second-order valence-electron chi connectivity index (χ2n) is 7.05. The zero-order valence-corrected chi connectivity index (χ0v) is 19.5. The number of hydrogen-bond acceptors (Lipinski definition) is 6. The van der Waals surface area contributed by atoms with E-state index in [2.05, 4.69) is 15.5 Å². The molecule has 10 heteroatoms. The fourth-order valence-electron chi connectivity index (χ4n) is 3.14. The molecule has 0 saturated carbocycles. The summed E-state index contributed by atoms with van der Waals surface area (Å²) in [6, 6.07) is 13.1. The second kappa shape index (κ2) is 10.6. The van der Waals surface area contributed by atoms with Gasteiger partial charge in [-0.25, -0.2) is 8.42 Å². The zero-order chi connectivity index (χ0) is 23.1. The maximum absolute atomic E-state index is 13.3. The van der Waals surface area contributed by atoms with Gasteiger partial charge in [-0.1, -0.05) is 41.9 Å². The van der Waals surface area contributed by atoms with Gasteiger partial charge >= 0.3 is 0 Å². The van der Waals surface area contributed by atoms with Crippen molar-refractivity contribution in [1.82, 2.24) is 10.1 Å². The van der Waals surface area contributed by atoms with Crippen molar-refractivity contribution in [3.63, 3.8) is 0 Å². The van der Waals surface area contributed by atoms with Crippen LogP contribution in [0.15, 0.2) is 57.9 Å². The second-order valence-corrected chi connectivity index (χ2v) is 9.29. The largest absolute Gasteiger partial charge is 0.339 e. The van der Waals surface area contributed by atoms with Crippen LogP contribution in [-0.4, -0.2) is 31.0 Å². The third kappa shape index (κ3) is 5.66. The van der Waals surface area contributed by atoms with Gasteiger partial charge in [0, 0.05) is 31.5 Å². The normalized spacial score (nSPS) is 11.3. The summed E-state index contributed by atoms with van der Waals surface area (Å²) in [6.45, 7) is 3.99. The standard InChI is InChI=1S/C22H25ClN4O4S/c1-3-8-20-25-22(31-26-20)14-13-21(28)24-16-11-12-18(23)19(15-16)32(29,30)27(4-2)17-9-6-5-7-10-17/h5-7,9-12,15H,3-4,8,13-14H2,1-2H3,(H,24,28). The molecule has 0 saturated heterocycles. The summed E-state index contributed by atoms with van der Waals surface area (Å²) in [4.78, 5) is 16.5. The molecule has 1 heterocycles. The number of hydrogen-bond donors (Lipinski definition) is 1. The van der Waals surface area contributed by atoms with Gasteiger partial charge in [0.15, 0.2) is 5.82 Å². The van der Waals surface area contributed by atoms with E-state index in [0.717, 1.165) is 12.8 Å². The third-order valence-corrected chi connectivity index (χ3v) is 7.05. The first-order chi connectivity index (χ1) is 15.3. The van der Waals surface area contributed by atoms with Gasteiger partial charge in [-0.05, 0) is 43.7 Å². The monoisotopic (exact) mass is 476 g/mol. The molecule has 0 aliphatic heterocycles. The van der Waals surface area contributed by atoms with E-state index in [1.54, 1.807) is 37.3 Å². The lowest BCUT2D eigenvalue weighted by molar-refractivity contribution is -0.116. The number of carbonyl (C=O) groups excluding carboxylic acids is 1. The fraction of sp³-hybridized carbons (Fsp3) is 0.318. The molecule has 0 bridgehead atoms. The molecule has 0 spiro atoms. The summed E-state index contributed by atoms with van der Waals surface area (Å²) in [7, 11) is -3.93. The molecule has 1 aromatic heterocycles. The number of amides is 1. The maximum atomic E-state index is 13.3. The highest BCUT2D eigenvalue weighted by molar-refractivity contribution is 7.93. The van der Waals surface area contributed by atoms with Crippen molar-refractivity contribution >= 4 is 38.9 Å². The number of aromatic nitrogens is 2. The molecule has 0 aliphatic rings. The lowest BCUT2D eigenvalue weighted by atomic mass is 10.2. The smallest absolute Gasteiger partial charge is 0.265 e. The van der Waals surface area contributed by atoms with Crippen LogP contribution in [0.1, 0.15) is 38.4 Å². The highest BCUT2D eigenvalue weighted by Gasteiger charge is 2.26. The van der Waals surface area contributed by atoms with Crippen LogP contribution < -0.4 is 9.62 Å². The van der Waals surface area contributed by atoms with Crippen LogP contribution in [-0.2, 0) is 27.7 Å². The van der Waals surface area contributed by atoms with Gasteiger partial charge in [0.2, 0.25) is 11.8 Å². The van der Waals surface area contributed by atoms with Crippen molar-refractivity contribution < 1.29 is 17.7 Å². The van der Waals surface area contributed by atoms with E-state index in [-0.39, 0.29) is 28.8 Å². The molecule has 0 atom stereocenters. The molecule has 1 amide bonds. The van der Waals surface area contributed by atoms with Gasteiger partial charge in [-0.2, -0.15) is 4.98 Å². The number of benzene rings is 2. The lowest BCUT2D eigenvalue weighted by Gasteiger charge is -2.23. The Balaban J connectivity index is 1.73. The molecule has 1 N–H and O–H groups in total. The minimum atomic E-state index is -3.93. The summed E-state index contributed by atoms with van der Waals surface area (Å²) in [5.74, 6) is 0.708. The number of rotatable bonds is 10. The molecule has 0 aliphatic carbocycles. The number of aryl methyl sites for hydroxylation is 2. The maximum Gasteiger partial charge on any atom is 0.265 e. The van der Waals surface area contributed by atoms with Crippen molar-refractivity contribution in [3.8, 4) is 0 Å². The van der Waals surface area contributed by atoms with E-state index < -0.39 is 10.0 Å². The number of anilines is 2. The lowest BCUT2D eigenvalue weighted by Crippen LogP contribution is -2.31. The Morgan fingerprint density at radius 2 is 1.88 bits per heavy atom. The average Bonchev–Trinajstić information content (AvgIpc) is 3.22. The molecule has 170 valence electrons. The first kappa shape index (κ1) is 23.7. The topological polar surface area (TPSA) is 105 Å². The molecule has 3 rings (SSSR count). The van der Waals surface area contributed by atoms with Crippen LogP contribution in [0, 0.1) is 0 Å². The highest BCUT2D eigenvalue weighted by atomic mass is 35.5. The molecule has 2 aromatic carbocycles. The SMILES string of the molecule is CCCc1noc(CCC(=O)Nc2ccc(Cl)c(S(=O)(=O)N(CC)c3ccccc3)c2)n1. The van der Waals surface area contributed by atoms with Gasteiger partial charge in [-0.15, -0.1) is 0 Å². The van der Waals surface area contributed by atoms with E-state index in [1.165, 1.54) is 16.4 Å². The first-order valence-electron chi connectivity index (χ1n) is 10.3. The van der Waals surface area contributed by atoms with E-state index in [9.17, 15) is 13.2 Å². The molecule has 0 unspecified atom stereocenters. The molecular weight excluding hydrogens is 452 g/mol. The van der Waals surface area contributed by atoms with Gasteiger partial charge in [0.05, 0.1) is 10.7 Å². The van der Waals surface area contributed by atoms with Crippen molar-refractivity contribution in [2.75, 3.05) is 16.2 Å². The van der Waals surface area contributed by atoms with E-state index >= 15 is 0 Å². The molecule has 32 heavy (non-hydrogen) atoms. The van der Waals surface area contributed by atoms with Crippen LogP contribution in [0.5, 0.6) is 0 Å². The van der Waals surface area contributed by atoms with Gasteiger partial charge in [0.25, 0.3) is 10.0 Å². The van der Waals surface area contributed by atoms with Crippen LogP contribution in [0.3, 0.4) is 0 Å². The number of nitrogens with zero attached hydrogens (tertiary/aromatic N) is 3. The van der Waals surface area contributed by atoms with Crippen LogP contribution >= 0.6 is 11.6 Å². The Hall–Kier alpha value is -2.91. The summed E-state index contributed by atoms with van der Waals surface area (Å²) in [6.07, 6.45) is 2.03. The fourth-order valence-corrected chi connectivity index (χ4v) is 5.12. The summed E-state index contributed by atoms with van der Waals surface area (Å²) >= 11 is 6.23. The van der Waals surface area contributed by atoms with Crippen molar-refractivity contribution in [3.05, 3.63) is 65.3 Å². The number of para-hydroxylation sites is 1. The third-order valence-electron chi connectivity index (χ3n) is 4.66. The van der Waals surface area contributed by atoms with Crippen molar-refractivity contribution in [1.29, 1.82) is 0 Å². The van der Waals surface area contributed by atoms with Gasteiger partial charge in [-0.3, -0.25) is 9.10 Å². The molecule has 0 radical (unpaired) electrons. The minimum absolute atomic E-state index is 0.0756. The summed E-state index contributed by atoms with van der Waals surface area (Å²) < 4.78 is 33.0. The number of halogens is 1. The molecule has 8 nitrogen and oxygen atoms in total. The first-order valence-corrected chi connectivity index (χ1v) is 12.2. The van der Waals surface area contributed by atoms with E-state index in [4.69, 9.17) is 16.1 Å². The predicted molar refractivity (Wildman–Crippen MR) is 123 cm³/mol. The Morgan fingerprint density at radius 1 is 1.12 bits per heavy atom.